The summed E-state index contributed by atoms with van der Waals surface area (Å²) in [7, 11) is -3.10. The molecule has 2 aliphatic rings. The van der Waals surface area contributed by atoms with Crippen molar-refractivity contribution in [1.29, 1.82) is 0 Å². The van der Waals surface area contributed by atoms with Gasteiger partial charge in [0.25, 0.3) is 0 Å². The summed E-state index contributed by atoms with van der Waals surface area (Å²) in [6.07, 6.45) is 4.76. The van der Waals surface area contributed by atoms with Gasteiger partial charge in [-0.25, -0.2) is 8.42 Å². The van der Waals surface area contributed by atoms with Crippen LogP contribution in [0.5, 0.6) is 0 Å². The molecule has 5 heteroatoms. The van der Waals surface area contributed by atoms with E-state index in [9.17, 15) is 8.42 Å². The van der Waals surface area contributed by atoms with Gasteiger partial charge in [0.1, 0.15) is 0 Å². The van der Waals surface area contributed by atoms with Gasteiger partial charge in [-0.2, -0.15) is 4.31 Å². The fourth-order valence-electron chi connectivity index (χ4n) is 3.14. The summed E-state index contributed by atoms with van der Waals surface area (Å²) in [5.74, 6) is 0. The van der Waals surface area contributed by atoms with E-state index in [1.807, 2.05) is 11.2 Å². The first kappa shape index (κ1) is 13.3. The van der Waals surface area contributed by atoms with Crippen LogP contribution in [0, 0.1) is 0 Å². The number of rotatable bonds is 3. The standard InChI is InChI=1S/C12H24N2O2S/c1-3-11-7-6-10(2)14(11)17(15,16)12-5-4-8-13-9-12/h10-13H,3-9H2,1-2H3. The molecule has 0 radical (unpaired) electrons. The molecule has 2 saturated heterocycles. The van der Waals surface area contributed by atoms with Gasteiger partial charge < -0.3 is 5.32 Å². The summed E-state index contributed by atoms with van der Waals surface area (Å²) in [5.41, 5.74) is 0. The van der Waals surface area contributed by atoms with Crippen LogP contribution in [0.2, 0.25) is 0 Å². The first-order valence-electron chi connectivity index (χ1n) is 6.80. The zero-order chi connectivity index (χ0) is 12.5. The van der Waals surface area contributed by atoms with Crippen LogP contribution >= 0.6 is 0 Å². The molecular weight excluding hydrogens is 236 g/mol. The van der Waals surface area contributed by atoms with E-state index in [1.165, 1.54) is 0 Å². The Kier molecular flexibility index (Phi) is 4.10. The molecule has 0 bridgehead atoms. The lowest BCUT2D eigenvalue weighted by atomic mass is 10.2. The molecule has 0 aliphatic carbocycles. The summed E-state index contributed by atoms with van der Waals surface area (Å²) in [5, 5.41) is 3.00. The maximum Gasteiger partial charge on any atom is 0.218 e. The van der Waals surface area contributed by atoms with E-state index in [4.69, 9.17) is 0 Å². The average molecular weight is 260 g/mol. The van der Waals surface area contributed by atoms with Crippen LogP contribution in [0.15, 0.2) is 0 Å². The molecule has 2 aliphatic heterocycles. The van der Waals surface area contributed by atoms with Crippen LogP contribution in [0.4, 0.5) is 0 Å². The van der Waals surface area contributed by atoms with Crippen LogP contribution in [0.1, 0.15) is 46.0 Å². The van der Waals surface area contributed by atoms with E-state index in [1.54, 1.807) is 0 Å². The molecule has 17 heavy (non-hydrogen) atoms. The predicted octanol–water partition coefficient (Wildman–Crippen LogP) is 1.33. The van der Waals surface area contributed by atoms with Crippen molar-refractivity contribution in [2.24, 2.45) is 0 Å². The first-order valence-corrected chi connectivity index (χ1v) is 8.30. The second-order valence-electron chi connectivity index (χ2n) is 5.33. The van der Waals surface area contributed by atoms with Crippen LogP contribution in [0.3, 0.4) is 0 Å². The maximum atomic E-state index is 12.7. The predicted molar refractivity (Wildman–Crippen MR) is 69.4 cm³/mol. The van der Waals surface area contributed by atoms with E-state index >= 15 is 0 Å². The molecule has 1 N–H and O–H groups in total. The van der Waals surface area contributed by atoms with Crippen LogP contribution < -0.4 is 5.32 Å². The molecule has 2 heterocycles. The number of hydrogen-bond acceptors (Lipinski definition) is 3. The average Bonchev–Trinajstić information content (AvgIpc) is 2.72. The Balaban J connectivity index is 2.18. The van der Waals surface area contributed by atoms with Crippen molar-refractivity contribution in [3.8, 4) is 0 Å². The van der Waals surface area contributed by atoms with E-state index < -0.39 is 10.0 Å². The Hall–Kier alpha value is -0.130. The van der Waals surface area contributed by atoms with Crippen LogP contribution in [-0.2, 0) is 10.0 Å². The third kappa shape index (κ3) is 2.51. The zero-order valence-electron chi connectivity index (χ0n) is 10.9. The molecule has 3 atom stereocenters. The van der Waals surface area contributed by atoms with Crippen LogP contribution in [0.25, 0.3) is 0 Å². The Morgan fingerprint density at radius 1 is 1.29 bits per heavy atom. The lowest BCUT2D eigenvalue weighted by Crippen LogP contribution is -2.49. The highest BCUT2D eigenvalue weighted by Crippen LogP contribution is 2.32. The minimum absolute atomic E-state index is 0.187. The molecule has 0 aromatic heterocycles. The van der Waals surface area contributed by atoms with Gasteiger partial charge in [0, 0.05) is 18.6 Å². The monoisotopic (exact) mass is 260 g/mol. The number of hydrogen-bond donors (Lipinski definition) is 1. The highest BCUT2D eigenvalue weighted by Gasteiger charge is 2.42. The van der Waals surface area contributed by atoms with Crippen molar-refractivity contribution in [3.05, 3.63) is 0 Å². The lowest BCUT2D eigenvalue weighted by Gasteiger charge is -2.33. The maximum absolute atomic E-state index is 12.7. The molecule has 2 rings (SSSR count). The van der Waals surface area contributed by atoms with E-state index in [0.29, 0.717) is 6.54 Å². The molecule has 0 aromatic carbocycles. The van der Waals surface area contributed by atoms with E-state index in [2.05, 4.69) is 12.2 Å². The Bertz CT molecular complexity index is 350. The minimum atomic E-state index is -3.10. The number of nitrogens with zero attached hydrogens (tertiary/aromatic N) is 1. The SMILES string of the molecule is CCC1CCC(C)N1S(=O)(=O)C1CCCNC1. The largest absolute Gasteiger partial charge is 0.315 e. The van der Waals surface area contributed by atoms with Crippen LogP contribution in [-0.4, -0.2) is 43.1 Å². The lowest BCUT2D eigenvalue weighted by molar-refractivity contribution is 0.319. The molecule has 0 aromatic rings. The molecule has 3 unspecified atom stereocenters. The van der Waals surface area contributed by atoms with Gasteiger partial charge >= 0.3 is 0 Å². The van der Waals surface area contributed by atoms with Crippen molar-refractivity contribution in [2.45, 2.75) is 63.3 Å². The van der Waals surface area contributed by atoms with Gasteiger partial charge in [0.15, 0.2) is 0 Å². The van der Waals surface area contributed by atoms with Crippen molar-refractivity contribution in [1.82, 2.24) is 9.62 Å². The fourth-order valence-corrected chi connectivity index (χ4v) is 5.55. The summed E-state index contributed by atoms with van der Waals surface area (Å²) in [4.78, 5) is 0. The van der Waals surface area contributed by atoms with Crippen molar-refractivity contribution in [3.63, 3.8) is 0 Å². The van der Waals surface area contributed by atoms with Gasteiger partial charge in [-0.1, -0.05) is 6.92 Å². The normalized spacial score (nSPS) is 36.2. The quantitative estimate of drug-likeness (QED) is 0.833. The second kappa shape index (κ2) is 5.24. The van der Waals surface area contributed by atoms with Gasteiger partial charge in [0.05, 0.1) is 5.25 Å². The molecule has 0 spiro atoms. The van der Waals surface area contributed by atoms with Crippen molar-refractivity contribution < 1.29 is 8.42 Å². The Morgan fingerprint density at radius 3 is 2.65 bits per heavy atom. The van der Waals surface area contributed by atoms with Gasteiger partial charge in [-0.05, 0) is 45.6 Å². The fraction of sp³-hybridized carbons (Fsp3) is 1.00. The topological polar surface area (TPSA) is 49.4 Å². The third-order valence-corrected chi connectivity index (χ3v) is 6.64. The summed E-state index contributed by atoms with van der Waals surface area (Å²) in [6.45, 7) is 5.72. The first-order chi connectivity index (χ1) is 8.07. The Morgan fingerprint density at radius 2 is 2.06 bits per heavy atom. The molecule has 4 nitrogen and oxygen atoms in total. The third-order valence-electron chi connectivity index (χ3n) is 4.15. The number of sulfonamides is 1. The molecule has 100 valence electrons. The van der Waals surface area contributed by atoms with Gasteiger partial charge in [0.2, 0.25) is 10.0 Å². The number of nitrogens with one attached hydrogen (secondary N) is 1. The highest BCUT2D eigenvalue weighted by molar-refractivity contribution is 7.89. The van der Waals surface area contributed by atoms with E-state index in [0.717, 1.165) is 38.6 Å². The molecule has 0 amide bonds. The van der Waals surface area contributed by atoms with Gasteiger partial charge in [-0.3, -0.25) is 0 Å². The second-order valence-corrected chi connectivity index (χ2v) is 7.45. The minimum Gasteiger partial charge on any atom is -0.315 e. The summed E-state index contributed by atoms with van der Waals surface area (Å²) < 4.78 is 27.1. The Labute approximate surface area is 105 Å². The zero-order valence-corrected chi connectivity index (χ0v) is 11.7. The number of piperidine rings is 1. The van der Waals surface area contributed by atoms with E-state index in [-0.39, 0.29) is 17.3 Å². The highest BCUT2D eigenvalue weighted by atomic mass is 32.2. The summed E-state index contributed by atoms with van der Waals surface area (Å²) in [6, 6.07) is 0.420. The molecule has 2 fully saturated rings. The molecular formula is C12H24N2O2S. The molecule has 0 saturated carbocycles. The van der Waals surface area contributed by atoms with Gasteiger partial charge in [-0.15, -0.1) is 0 Å². The van der Waals surface area contributed by atoms with Crippen molar-refractivity contribution >= 4 is 10.0 Å². The van der Waals surface area contributed by atoms with Crippen molar-refractivity contribution in [2.75, 3.05) is 13.1 Å². The summed E-state index contributed by atoms with van der Waals surface area (Å²) >= 11 is 0. The smallest absolute Gasteiger partial charge is 0.218 e.